The number of carbonyl (C=O) groups is 3. The Balaban J connectivity index is 0.000000193. The lowest BCUT2D eigenvalue weighted by molar-refractivity contribution is -0.137. The molecule has 0 saturated heterocycles. The van der Waals surface area contributed by atoms with Gasteiger partial charge in [-0.1, -0.05) is 0 Å². The minimum Gasteiger partial charge on any atom is -0.481 e. The summed E-state index contributed by atoms with van der Waals surface area (Å²) in [5.74, 6) is 0.689. The Labute approximate surface area is 154 Å². The Morgan fingerprint density at radius 3 is 1.88 bits per heavy atom. The molecular formula is C18H32N4O4. The minimum atomic E-state index is -1.06. The summed E-state index contributed by atoms with van der Waals surface area (Å²) in [6.45, 7) is 1.45. The lowest BCUT2D eigenvalue weighted by Crippen LogP contribution is -2.55. The summed E-state index contributed by atoms with van der Waals surface area (Å²) in [7, 11) is 0. The molecule has 4 bridgehead atoms. The summed E-state index contributed by atoms with van der Waals surface area (Å²) in [6, 6.07) is -1.75. The van der Waals surface area contributed by atoms with Crippen molar-refractivity contribution in [2.24, 2.45) is 35.0 Å². The molecule has 4 aliphatic rings. The maximum atomic E-state index is 11.1. The zero-order chi connectivity index (χ0) is 19.5. The molecule has 26 heavy (non-hydrogen) atoms. The zero-order valence-electron chi connectivity index (χ0n) is 15.4. The third-order valence-electron chi connectivity index (χ3n) is 5.81. The van der Waals surface area contributed by atoms with Crippen LogP contribution in [0.2, 0.25) is 0 Å². The standard InChI is InChI=1S/C10H17N.C8H15N3O4/c11-10-4-7-1-8(5-10)3-9(2-7)6-10;1-4(9)8(15)11-5(7(10)14)2-3-6(12)13/h7-9H,1-6,11H2;4-5H,2-3,9H2,1H3,(H2,10,14)(H,11,15)(H,12,13). The van der Waals surface area contributed by atoms with Crippen molar-refractivity contribution in [1.82, 2.24) is 5.32 Å². The van der Waals surface area contributed by atoms with Crippen LogP contribution in [-0.4, -0.2) is 40.5 Å². The second-order valence-electron chi connectivity index (χ2n) is 8.46. The number of hydrogen-bond donors (Lipinski definition) is 5. The van der Waals surface area contributed by atoms with E-state index in [1.807, 2.05) is 0 Å². The van der Waals surface area contributed by atoms with Gasteiger partial charge in [-0.15, -0.1) is 0 Å². The van der Waals surface area contributed by atoms with Crippen LogP contribution < -0.4 is 22.5 Å². The van der Waals surface area contributed by atoms with Crippen molar-refractivity contribution in [1.29, 1.82) is 0 Å². The van der Waals surface area contributed by atoms with E-state index in [0.717, 1.165) is 17.8 Å². The maximum Gasteiger partial charge on any atom is 0.303 e. The maximum absolute atomic E-state index is 11.1. The molecule has 0 aliphatic heterocycles. The van der Waals surface area contributed by atoms with Gasteiger partial charge in [0.15, 0.2) is 0 Å². The van der Waals surface area contributed by atoms with Crippen molar-refractivity contribution in [3.8, 4) is 0 Å². The fraction of sp³-hybridized carbons (Fsp3) is 0.833. The predicted octanol–water partition coefficient (Wildman–Crippen LogP) is 0.0824. The molecule has 0 aromatic carbocycles. The topological polar surface area (TPSA) is 162 Å². The Kier molecular flexibility index (Phi) is 6.63. The number of rotatable bonds is 6. The summed E-state index contributed by atoms with van der Waals surface area (Å²) in [5.41, 5.74) is 16.9. The summed E-state index contributed by atoms with van der Waals surface area (Å²) >= 11 is 0. The molecule has 0 spiro atoms. The first-order chi connectivity index (χ1) is 12.1. The molecule has 4 rings (SSSR count). The van der Waals surface area contributed by atoms with Crippen LogP contribution in [-0.2, 0) is 14.4 Å². The number of amides is 2. The van der Waals surface area contributed by atoms with Gasteiger partial charge in [0.2, 0.25) is 11.8 Å². The first-order valence-corrected chi connectivity index (χ1v) is 9.44. The number of primary amides is 1. The summed E-state index contributed by atoms with van der Waals surface area (Å²) in [5, 5.41) is 10.7. The van der Waals surface area contributed by atoms with E-state index in [4.69, 9.17) is 22.3 Å². The van der Waals surface area contributed by atoms with Gasteiger partial charge < -0.3 is 27.6 Å². The van der Waals surface area contributed by atoms with Crippen molar-refractivity contribution in [2.75, 3.05) is 0 Å². The third kappa shape index (κ3) is 5.67. The predicted molar refractivity (Wildman–Crippen MR) is 96.7 cm³/mol. The number of nitrogens with one attached hydrogen (secondary N) is 1. The Bertz CT molecular complexity index is 514. The first-order valence-electron chi connectivity index (χ1n) is 9.44. The van der Waals surface area contributed by atoms with Crippen LogP contribution in [0.3, 0.4) is 0 Å². The summed E-state index contributed by atoms with van der Waals surface area (Å²) < 4.78 is 0. The molecule has 148 valence electrons. The highest BCUT2D eigenvalue weighted by molar-refractivity contribution is 5.88. The Morgan fingerprint density at radius 1 is 1.12 bits per heavy atom. The number of hydrogen-bond acceptors (Lipinski definition) is 5. The van der Waals surface area contributed by atoms with Crippen LogP contribution in [0.5, 0.6) is 0 Å². The SMILES string of the molecule is CC(N)C(=O)NC(CCC(=O)O)C(N)=O.NC12CC3CC(CC(C3)C1)C2. The number of carboxylic acid groups (broad SMARTS) is 1. The highest BCUT2D eigenvalue weighted by Crippen LogP contribution is 2.54. The molecule has 0 radical (unpaired) electrons. The van der Waals surface area contributed by atoms with Crippen molar-refractivity contribution in [3.63, 3.8) is 0 Å². The average Bonchev–Trinajstić information content (AvgIpc) is 2.48. The lowest BCUT2D eigenvalue weighted by atomic mass is 9.53. The molecule has 0 aromatic heterocycles. The molecule has 4 aliphatic carbocycles. The smallest absolute Gasteiger partial charge is 0.303 e. The van der Waals surface area contributed by atoms with Crippen LogP contribution in [0.25, 0.3) is 0 Å². The van der Waals surface area contributed by atoms with Crippen LogP contribution >= 0.6 is 0 Å². The highest BCUT2D eigenvalue weighted by Gasteiger charge is 2.48. The normalized spacial score (nSPS) is 33.6. The highest BCUT2D eigenvalue weighted by atomic mass is 16.4. The van der Waals surface area contributed by atoms with E-state index in [9.17, 15) is 14.4 Å². The van der Waals surface area contributed by atoms with Crippen LogP contribution in [0, 0.1) is 17.8 Å². The van der Waals surface area contributed by atoms with E-state index in [1.165, 1.54) is 45.4 Å². The van der Waals surface area contributed by atoms with E-state index in [2.05, 4.69) is 5.32 Å². The molecule has 8 N–H and O–H groups in total. The molecule has 2 unspecified atom stereocenters. The Morgan fingerprint density at radius 2 is 1.58 bits per heavy atom. The van der Waals surface area contributed by atoms with Gasteiger partial charge in [-0.25, -0.2) is 0 Å². The number of nitrogens with two attached hydrogens (primary N) is 3. The second-order valence-corrected chi connectivity index (χ2v) is 8.46. The summed E-state index contributed by atoms with van der Waals surface area (Å²) in [6.07, 6.45) is 8.29. The van der Waals surface area contributed by atoms with Crippen LogP contribution in [0.15, 0.2) is 0 Å². The quantitative estimate of drug-likeness (QED) is 0.446. The second kappa shape index (κ2) is 8.35. The van der Waals surface area contributed by atoms with Crippen molar-refractivity contribution < 1.29 is 19.5 Å². The molecule has 0 heterocycles. The van der Waals surface area contributed by atoms with E-state index in [1.54, 1.807) is 0 Å². The van der Waals surface area contributed by atoms with Gasteiger partial charge in [0, 0.05) is 12.0 Å². The monoisotopic (exact) mass is 368 g/mol. The third-order valence-corrected chi connectivity index (χ3v) is 5.81. The number of carboxylic acids is 1. The molecule has 4 saturated carbocycles. The zero-order valence-corrected chi connectivity index (χ0v) is 15.4. The van der Waals surface area contributed by atoms with Crippen molar-refractivity contribution >= 4 is 17.8 Å². The number of aliphatic carboxylic acids is 1. The van der Waals surface area contributed by atoms with Gasteiger partial charge in [0.05, 0.1) is 6.04 Å². The summed E-state index contributed by atoms with van der Waals surface area (Å²) in [4.78, 5) is 32.2. The van der Waals surface area contributed by atoms with E-state index in [0.29, 0.717) is 5.54 Å². The molecule has 2 atom stereocenters. The molecule has 4 fully saturated rings. The van der Waals surface area contributed by atoms with Gasteiger partial charge in [-0.2, -0.15) is 0 Å². The molecule has 2 amide bonds. The van der Waals surface area contributed by atoms with Gasteiger partial charge in [-0.05, 0) is 69.6 Å². The average molecular weight is 368 g/mol. The van der Waals surface area contributed by atoms with E-state index >= 15 is 0 Å². The van der Waals surface area contributed by atoms with Crippen LogP contribution in [0.1, 0.15) is 58.3 Å². The van der Waals surface area contributed by atoms with Gasteiger partial charge in [0.25, 0.3) is 0 Å². The molecule has 8 heteroatoms. The van der Waals surface area contributed by atoms with E-state index in [-0.39, 0.29) is 12.8 Å². The Hall–Kier alpha value is -1.67. The molecule has 8 nitrogen and oxygen atoms in total. The minimum absolute atomic E-state index is 0.0386. The fourth-order valence-electron chi connectivity index (χ4n) is 5.03. The van der Waals surface area contributed by atoms with Gasteiger partial charge >= 0.3 is 5.97 Å². The number of carbonyl (C=O) groups excluding carboxylic acids is 2. The first kappa shape index (κ1) is 20.6. The fourth-order valence-corrected chi connectivity index (χ4v) is 5.03. The van der Waals surface area contributed by atoms with Crippen molar-refractivity contribution in [2.45, 2.75) is 75.9 Å². The molecule has 0 aromatic rings. The van der Waals surface area contributed by atoms with E-state index < -0.39 is 29.9 Å². The van der Waals surface area contributed by atoms with Gasteiger partial charge in [-0.3, -0.25) is 14.4 Å². The lowest BCUT2D eigenvalue weighted by Gasteiger charge is -2.55. The molecular weight excluding hydrogens is 336 g/mol. The largest absolute Gasteiger partial charge is 0.481 e. The van der Waals surface area contributed by atoms with Crippen LogP contribution in [0.4, 0.5) is 0 Å². The van der Waals surface area contributed by atoms with Gasteiger partial charge in [0.1, 0.15) is 6.04 Å². The van der Waals surface area contributed by atoms with Crippen molar-refractivity contribution in [3.05, 3.63) is 0 Å².